The van der Waals surface area contributed by atoms with Gasteiger partial charge in [-0.25, -0.2) is 4.39 Å². The summed E-state index contributed by atoms with van der Waals surface area (Å²) < 4.78 is 13.0. The van der Waals surface area contributed by atoms with Gasteiger partial charge in [0.05, 0.1) is 0 Å². The first-order valence-corrected chi connectivity index (χ1v) is 7.74. The minimum atomic E-state index is -0.553. The standard InChI is InChI=1S/C19H17FN2O2/c20-15-7-9-16(10-8-15)22-13-12-17(19(22)24)21-18(23)11-6-14-4-2-1-3-5-14/h1-11,17H,12-13H2,(H,21,23)/b11-6+/t17-/m1/s1. The van der Waals surface area contributed by atoms with Crippen LogP contribution in [0.25, 0.3) is 6.08 Å². The SMILES string of the molecule is O=C(/C=C/c1ccccc1)N[C@@H]1CCN(c2ccc(F)cc2)C1=O. The lowest BCUT2D eigenvalue weighted by molar-refractivity contribution is -0.123. The van der Waals surface area contributed by atoms with Crippen LogP contribution < -0.4 is 10.2 Å². The van der Waals surface area contributed by atoms with E-state index in [1.165, 1.54) is 18.2 Å². The van der Waals surface area contributed by atoms with Gasteiger partial charge in [0.1, 0.15) is 11.9 Å². The average Bonchev–Trinajstić information content (AvgIpc) is 2.95. The maximum absolute atomic E-state index is 13.0. The number of halogens is 1. The quantitative estimate of drug-likeness (QED) is 0.879. The largest absolute Gasteiger partial charge is 0.341 e. The maximum Gasteiger partial charge on any atom is 0.249 e. The molecule has 24 heavy (non-hydrogen) atoms. The number of amides is 2. The highest BCUT2D eigenvalue weighted by Crippen LogP contribution is 2.21. The van der Waals surface area contributed by atoms with Crippen LogP contribution in [0.4, 0.5) is 10.1 Å². The molecule has 1 N–H and O–H groups in total. The summed E-state index contributed by atoms with van der Waals surface area (Å²) in [6.45, 7) is 0.498. The first kappa shape index (κ1) is 15.9. The number of rotatable bonds is 4. The molecule has 0 unspecified atom stereocenters. The fourth-order valence-corrected chi connectivity index (χ4v) is 2.65. The minimum Gasteiger partial charge on any atom is -0.341 e. The van der Waals surface area contributed by atoms with Crippen LogP contribution in [0.5, 0.6) is 0 Å². The van der Waals surface area contributed by atoms with E-state index in [1.807, 2.05) is 30.3 Å². The zero-order valence-corrected chi connectivity index (χ0v) is 13.0. The second kappa shape index (κ2) is 7.08. The van der Waals surface area contributed by atoms with Gasteiger partial charge < -0.3 is 10.2 Å². The maximum atomic E-state index is 13.0. The molecule has 1 heterocycles. The van der Waals surface area contributed by atoms with Gasteiger partial charge in [-0.15, -0.1) is 0 Å². The van der Waals surface area contributed by atoms with Crippen molar-refractivity contribution in [3.63, 3.8) is 0 Å². The second-order valence-corrected chi connectivity index (χ2v) is 5.56. The number of anilines is 1. The minimum absolute atomic E-state index is 0.178. The third-order valence-electron chi connectivity index (χ3n) is 3.89. The van der Waals surface area contributed by atoms with Gasteiger partial charge in [-0.05, 0) is 42.3 Å². The number of carbonyl (C=O) groups excluding carboxylic acids is 2. The van der Waals surface area contributed by atoms with Gasteiger partial charge in [-0.3, -0.25) is 9.59 Å². The molecule has 0 radical (unpaired) electrons. The van der Waals surface area contributed by atoms with Gasteiger partial charge in [0.25, 0.3) is 0 Å². The van der Waals surface area contributed by atoms with Crippen LogP contribution in [-0.2, 0) is 9.59 Å². The fourth-order valence-electron chi connectivity index (χ4n) is 2.65. The highest BCUT2D eigenvalue weighted by molar-refractivity contribution is 6.03. The number of hydrogen-bond acceptors (Lipinski definition) is 2. The van der Waals surface area contributed by atoms with Crippen molar-refractivity contribution in [1.82, 2.24) is 5.32 Å². The van der Waals surface area contributed by atoms with Crippen molar-refractivity contribution in [3.05, 3.63) is 72.1 Å². The zero-order chi connectivity index (χ0) is 16.9. The fraction of sp³-hybridized carbons (Fsp3) is 0.158. The summed E-state index contributed by atoms with van der Waals surface area (Å²) in [4.78, 5) is 25.9. The third-order valence-corrected chi connectivity index (χ3v) is 3.89. The summed E-state index contributed by atoms with van der Waals surface area (Å²) in [6.07, 6.45) is 3.65. The summed E-state index contributed by atoms with van der Waals surface area (Å²) in [5.41, 5.74) is 1.55. The summed E-state index contributed by atoms with van der Waals surface area (Å²) >= 11 is 0. The molecule has 0 aromatic heterocycles. The lowest BCUT2D eigenvalue weighted by atomic mass is 10.2. The monoisotopic (exact) mass is 324 g/mol. The molecule has 2 aromatic rings. The van der Waals surface area contributed by atoms with Gasteiger partial charge >= 0.3 is 0 Å². The van der Waals surface area contributed by atoms with E-state index in [1.54, 1.807) is 23.1 Å². The molecule has 1 aliphatic heterocycles. The second-order valence-electron chi connectivity index (χ2n) is 5.56. The molecule has 1 fully saturated rings. The van der Waals surface area contributed by atoms with Gasteiger partial charge in [-0.2, -0.15) is 0 Å². The topological polar surface area (TPSA) is 49.4 Å². The van der Waals surface area contributed by atoms with E-state index in [-0.39, 0.29) is 17.6 Å². The first-order chi connectivity index (χ1) is 11.6. The van der Waals surface area contributed by atoms with E-state index >= 15 is 0 Å². The van der Waals surface area contributed by atoms with E-state index in [0.717, 1.165) is 5.56 Å². The molecule has 0 bridgehead atoms. The predicted molar refractivity (Wildman–Crippen MR) is 90.8 cm³/mol. The molecule has 3 rings (SSSR count). The first-order valence-electron chi connectivity index (χ1n) is 7.74. The average molecular weight is 324 g/mol. The van der Waals surface area contributed by atoms with Crippen LogP contribution in [-0.4, -0.2) is 24.4 Å². The lowest BCUT2D eigenvalue weighted by Gasteiger charge is -2.16. The normalized spacial score (nSPS) is 17.5. The Morgan fingerprint density at radius 2 is 1.83 bits per heavy atom. The van der Waals surface area contributed by atoms with Crippen molar-refractivity contribution < 1.29 is 14.0 Å². The Bertz CT molecular complexity index is 757. The molecule has 1 saturated heterocycles. The van der Waals surface area contributed by atoms with Crippen molar-refractivity contribution in [2.45, 2.75) is 12.5 Å². The highest BCUT2D eigenvalue weighted by atomic mass is 19.1. The summed E-state index contributed by atoms with van der Waals surface area (Å²) in [7, 11) is 0. The molecule has 122 valence electrons. The number of carbonyl (C=O) groups is 2. The van der Waals surface area contributed by atoms with Crippen LogP contribution in [0.15, 0.2) is 60.7 Å². The van der Waals surface area contributed by atoms with E-state index in [4.69, 9.17) is 0 Å². The van der Waals surface area contributed by atoms with E-state index < -0.39 is 6.04 Å². The molecule has 2 amide bonds. The molecular formula is C19H17FN2O2. The molecule has 1 aliphatic rings. The van der Waals surface area contributed by atoms with E-state index in [9.17, 15) is 14.0 Å². The van der Waals surface area contributed by atoms with Crippen molar-refractivity contribution in [3.8, 4) is 0 Å². The number of nitrogens with one attached hydrogen (secondary N) is 1. The molecule has 0 spiro atoms. The summed E-state index contributed by atoms with van der Waals surface area (Å²) in [5, 5.41) is 2.72. The Balaban J connectivity index is 1.60. The summed E-state index contributed by atoms with van der Waals surface area (Å²) in [5.74, 6) is -0.831. The van der Waals surface area contributed by atoms with Gasteiger partial charge in [0, 0.05) is 18.3 Å². The molecule has 0 aliphatic carbocycles. The smallest absolute Gasteiger partial charge is 0.249 e. The number of hydrogen-bond donors (Lipinski definition) is 1. The van der Waals surface area contributed by atoms with Gasteiger partial charge in [0.2, 0.25) is 11.8 Å². The van der Waals surface area contributed by atoms with Crippen molar-refractivity contribution >= 4 is 23.6 Å². The van der Waals surface area contributed by atoms with E-state index in [2.05, 4.69) is 5.32 Å². The van der Waals surface area contributed by atoms with Crippen LogP contribution in [0.1, 0.15) is 12.0 Å². The third kappa shape index (κ3) is 3.68. The highest BCUT2D eigenvalue weighted by Gasteiger charge is 2.33. The molecular weight excluding hydrogens is 307 g/mol. The van der Waals surface area contributed by atoms with E-state index in [0.29, 0.717) is 18.7 Å². The molecule has 4 nitrogen and oxygen atoms in total. The van der Waals surface area contributed by atoms with Gasteiger partial charge in [-0.1, -0.05) is 30.3 Å². The zero-order valence-electron chi connectivity index (χ0n) is 13.0. The Labute approximate surface area is 139 Å². The van der Waals surface area contributed by atoms with Crippen molar-refractivity contribution in [1.29, 1.82) is 0 Å². The summed E-state index contributed by atoms with van der Waals surface area (Å²) in [6, 6.07) is 14.7. The predicted octanol–water partition coefficient (Wildman–Crippen LogP) is 2.76. The molecule has 2 aromatic carbocycles. The Morgan fingerprint density at radius 1 is 1.12 bits per heavy atom. The van der Waals surface area contributed by atoms with Crippen LogP contribution in [0, 0.1) is 5.82 Å². The lowest BCUT2D eigenvalue weighted by Crippen LogP contribution is -2.40. The molecule has 0 saturated carbocycles. The molecule has 5 heteroatoms. The van der Waals surface area contributed by atoms with Crippen LogP contribution >= 0.6 is 0 Å². The Hall–Kier alpha value is -2.95. The van der Waals surface area contributed by atoms with Crippen molar-refractivity contribution in [2.75, 3.05) is 11.4 Å². The number of benzene rings is 2. The van der Waals surface area contributed by atoms with Crippen molar-refractivity contribution in [2.24, 2.45) is 0 Å². The van der Waals surface area contributed by atoms with Crippen LogP contribution in [0.3, 0.4) is 0 Å². The molecule has 1 atom stereocenters. The van der Waals surface area contributed by atoms with Crippen LogP contribution in [0.2, 0.25) is 0 Å². The Morgan fingerprint density at radius 3 is 2.54 bits per heavy atom. The number of nitrogens with zero attached hydrogens (tertiary/aromatic N) is 1. The Kier molecular flexibility index (Phi) is 4.70. The van der Waals surface area contributed by atoms with Gasteiger partial charge in [0.15, 0.2) is 0 Å².